The number of rotatable bonds is 0. The summed E-state index contributed by atoms with van der Waals surface area (Å²) in [6.07, 6.45) is 1.54. The Labute approximate surface area is 108 Å². The van der Waals surface area contributed by atoms with Crippen molar-refractivity contribution in [3.63, 3.8) is 0 Å². The van der Waals surface area contributed by atoms with Gasteiger partial charge in [0.05, 0.1) is 19.8 Å². The van der Waals surface area contributed by atoms with Crippen LogP contribution in [-0.2, 0) is 4.79 Å². The highest BCUT2D eigenvalue weighted by atomic mass is 35.5. The Morgan fingerprint density at radius 3 is 2.47 bits per heavy atom. The molecule has 0 spiro atoms. The summed E-state index contributed by atoms with van der Waals surface area (Å²) in [4.78, 5) is 8.68. The Kier molecular flexibility index (Phi) is 2.76. The molecule has 3 unspecified atom stereocenters. The molecule has 0 radical (unpaired) electrons. The minimum Gasteiger partial charge on any atom is -0.289 e. The molecule has 2 aliphatic rings. The van der Waals surface area contributed by atoms with E-state index >= 15 is 0 Å². The Balaban J connectivity index is 2.43. The van der Waals surface area contributed by atoms with Crippen LogP contribution in [0.15, 0.2) is 10.1 Å². The van der Waals surface area contributed by atoms with Gasteiger partial charge in [-0.3, -0.25) is 4.79 Å². The van der Waals surface area contributed by atoms with Crippen LogP contribution in [0.5, 0.6) is 0 Å². The number of carbonyl (C=O) groups excluding carboxylic acids is 1. The number of carbonyl (C=O) groups is 1. The Hall–Kier alpha value is 0.130. The lowest BCUT2D eigenvalue weighted by Gasteiger charge is -2.26. The van der Waals surface area contributed by atoms with E-state index in [1.807, 2.05) is 0 Å². The predicted octanol–water partition coefficient (Wildman–Crippen LogP) is 3.26. The first-order chi connectivity index (χ1) is 6.94. The molecule has 0 saturated heterocycles. The van der Waals surface area contributed by atoms with Crippen LogP contribution in [0.2, 0.25) is 0 Å². The van der Waals surface area contributed by atoms with Gasteiger partial charge in [-0.2, -0.15) is 0 Å². The lowest BCUT2D eigenvalue weighted by molar-refractivity contribution is -0.103. The summed E-state index contributed by atoms with van der Waals surface area (Å²) in [7, 11) is 0. The minimum absolute atomic E-state index is 0.211. The second kappa shape index (κ2) is 3.57. The normalized spacial score (nSPS) is 42.8. The van der Waals surface area contributed by atoms with E-state index < -0.39 is 9.75 Å². The van der Waals surface area contributed by atoms with Gasteiger partial charge >= 0.3 is 0 Å². The van der Waals surface area contributed by atoms with Crippen LogP contribution >= 0.6 is 46.4 Å². The van der Waals surface area contributed by atoms with Crippen LogP contribution in [-0.4, -0.2) is 16.0 Å². The summed E-state index contributed by atoms with van der Waals surface area (Å²) >= 11 is 24.7. The van der Waals surface area contributed by atoms with E-state index in [1.54, 1.807) is 0 Å². The SMILES string of the molecule is O=CC#CC1CC2(Cl)CC1(Cl)C(Cl)=C2Cl. The van der Waals surface area contributed by atoms with Gasteiger partial charge < -0.3 is 0 Å². The molecule has 0 aromatic carbocycles. The average molecular weight is 284 g/mol. The quantitative estimate of drug-likeness (QED) is 0.379. The number of allylic oxidation sites excluding steroid dienone is 2. The molecular weight excluding hydrogens is 278 g/mol. The molecule has 1 nitrogen and oxygen atoms in total. The van der Waals surface area contributed by atoms with Crippen molar-refractivity contribution in [3.05, 3.63) is 10.1 Å². The maximum atomic E-state index is 10.2. The number of hydrogen-bond acceptors (Lipinski definition) is 1. The average Bonchev–Trinajstić information content (AvgIpc) is 2.54. The second-order valence-electron chi connectivity index (χ2n) is 3.80. The van der Waals surface area contributed by atoms with Gasteiger partial charge in [0.2, 0.25) is 0 Å². The van der Waals surface area contributed by atoms with Gasteiger partial charge in [-0.25, -0.2) is 0 Å². The maximum Gasteiger partial charge on any atom is 0.192 e. The molecule has 2 rings (SSSR count). The van der Waals surface area contributed by atoms with Crippen LogP contribution in [0.25, 0.3) is 0 Å². The predicted molar refractivity (Wildman–Crippen MR) is 62.5 cm³/mol. The molecule has 0 heterocycles. The van der Waals surface area contributed by atoms with Crippen LogP contribution in [0.1, 0.15) is 12.8 Å². The van der Waals surface area contributed by atoms with Crippen LogP contribution in [0, 0.1) is 17.8 Å². The number of aldehydes is 1. The van der Waals surface area contributed by atoms with Gasteiger partial charge in [0, 0.05) is 5.92 Å². The topological polar surface area (TPSA) is 17.1 Å². The number of hydrogen-bond donors (Lipinski definition) is 0. The molecule has 1 fully saturated rings. The molecule has 80 valence electrons. The summed E-state index contributed by atoms with van der Waals surface area (Å²) in [5, 5.41) is 0.794. The van der Waals surface area contributed by atoms with Crippen LogP contribution < -0.4 is 0 Å². The fourth-order valence-corrected chi connectivity index (χ4v) is 3.94. The van der Waals surface area contributed by atoms with Crippen molar-refractivity contribution in [1.29, 1.82) is 0 Å². The summed E-state index contributed by atoms with van der Waals surface area (Å²) in [5.41, 5.74) is 0. The maximum absolute atomic E-state index is 10.2. The first kappa shape index (κ1) is 11.6. The van der Waals surface area contributed by atoms with Gasteiger partial charge in [-0.05, 0) is 18.8 Å². The lowest BCUT2D eigenvalue weighted by atomic mass is 9.93. The van der Waals surface area contributed by atoms with E-state index in [9.17, 15) is 4.79 Å². The second-order valence-corrected chi connectivity index (χ2v) is 5.95. The largest absolute Gasteiger partial charge is 0.289 e. The van der Waals surface area contributed by atoms with Crippen molar-refractivity contribution < 1.29 is 4.79 Å². The highest BCUT2D eigenvalue weighted by molar-refractivity contribution is 6.51. The lowest BCUT2D eigenvalue weighted by Crippen LogP contribution is -2.26. The van der Waals surface area contributed by atoms with Crippen LogP contribution in [0.3, 0.4) is 0 Å². The van der Waals surface area contributed by atoms with Crippen LogP contribution in [0.4, 0.5) is 0 Å². The van der Waals surface area contributed by atoms with Gasteiger partial charge in [0.25, 0.3) is 0 Å². The standard InChI is InChI=1S/C10H6Cl4O/c11-7-8(12)10(14)5-9(7,13)4-6(10)2-1-3-15/h3,6H,4-5H2. The van der Waals surface area contributed by atoms with E-state index in [2.05, 4.69) is 11.8 Å². The third-order valence-corrected chi connectivity index (χ3v) is 5.32. The molecule has 3 atom stereocenters. The van der Waals surface area contributed by atoms with E-state index in [1.165, 1.54) is 0 Å². The van der Waals surface area contributed by atoms with Crippen molar-refractivity contribution in [2.75, 3.05) is 0 Å². The molecule has 0 aliphatic heterocycles. The summed E-state index contributed by atoms with van der Waals surface area (Å²) < 4.78 is 0. The molecule has 1 saturated carbocycles. The van der Waals surface area contributed by atoms with Crippen molar-refractivity contribution in [2.24, 2.45) is 5.92 Å². The summed E-state index contributed by atoms with van der Waals surface area (Å²) in [5.74, 6) is 4.91. The van der Waals surface area contributed by atoms with Gasteiger partial charge in [-0.15, -0.1) is 23.2 Å². The summed E-state index contributed by atoms with van der Waals surface area (Å²) in [6.45, 7) is 0. The molecule has 0 N–H and O–H groups in total. The van der Waals surface area contributed by atoms with E-state index in [-0.39, 0.29) is 5.92 Å². The first-order valence-electron chi connectivity index (χ1n) is 4.33. The minimum atomic E-state index is -0.809. The van der Waals surface area contributed by atoms with E-state index in [0.717, 1.165) is 0 Å². The highest BCUT2D eigenvalue weighted by Gasteiger charge is 2.62. The third kappa shape index (κ3) is 1.51. The molecule has 2 bridgehead atoms. The molecule has 2 aliphatic carbocycles. The molecule has 0 aromatic heterocycles. The first-order valence-corrected chi connectivity index (χ1v) is 5.84. The van der Waals surface area contributed by atoms with E-state index in [0.29, 0.717) is 29.2 Å². The van der Waals surface area contributed by atoms with Crippen molar-refractivity contribution in [2.45, 2.75) is 22.6 Å². The monoisotopic (exact) mass is 282 g/mol. The Morgan fingerprint density at radius 2 is 2.00 bits per heavy atom. The molecule has 5 heteroatoms. The molecule has 15 heavy (non-hydrogen) atoms. The fourth-order valence-electron chi connectivity index (χ4n) is 2.17. The van der Waals surface area contributed by atoms with Gasteiger partial charge in [-0.1, -0.05) is 29.1 Å². The smallest absolute Gasteiger partial charge is 0.192 e. The zero-order valence-electron chi connectivity index (χ0n) is 7.49. The molecule has 0 aromatic rings. The fraction of sp³-hybridized carbons (Fsp3) is 0.500. The molecular formula is C10H6Cl4O. The third-order valence-electron chi connectivity index (χ3n) is 2.88. The number of fused-ring (bicyclic) bond motifs is 2. The number of halogens is 4. The van der Waals surface area contributed by atoms with Crippen molar-refractivity contribution >= 4 is 52.7 Å². The zero-order valence-corrected chi connectivity index (χ0v) is 10.5. The Bertz CT molecular complexity index is 419. The zero-order chi connectivity index (χ0) is 11.3. The molecule has 0 amide bonds. The Morgan fingerprint density at radius 1 is 1.33 bits per heavy atom. The van der Waals surface area contributed by atoms with Crippen molar-refractivity contribution in [1.82, 2.24) is 0 Å². The van der Waals surface area contributed by atoms with Crippen molar-refractivity contribution in [3.8, 4) is 11.8 Å². The van der Waals surface area contributed by atoms with Gasteiger partial charge in [0.1, 0.15) is 0 Å². The van der Waals surface area contributed by atoms with Gasteiger partial charge in [0.15, 0.2) is 6.29 Å². The van der Waals surface area contributed by atoms with E-state index in [4.69, 9.17) is 46.4 Å². The summed E-state index contributed by atoms with van der Waals surface area (Å²) in [6, 6.07) is 0. The highest BCUT2D eigenvalue weighted by Crippen LogP contribution is 2.65. The number of alkyl halides is 2.